The summed E-state index contributed by atoms with van der Waals surface area (Å²) in [5.74, 6) is 0.786. The van der Waals surface area contributed by atoms with Gasteiger partial charge in [-0.2, -0.15) is 0 Å². The Labute approximate surface area is 80.9 Å². The molecule has 0 spiro atoms. The summed E-state index contributed by atoms with van der Waals surface area (Å²) in [6.07, 6.45) is 0. The molecular formula is C10H11NOS. The fraction of sp³-hybridized carbons (Fsp3) is 0.200. The minimum absolute atomic E-state index is 0.653. The molecule has 0 fully saturated rings. The van der Waals surface area contributed by atoms with E-state index in [1.54, 1.807) is 11.3 Å². The van der Waals surface area contributed by atoms with E-state index in [1.807, 2.05) is 30.5 Å². The maximum atomic E-state index is 5.93. The maximum absolute atomic E-state index is 5.93. The molecule has 0 aliphatic rings. The summed E-state index contributed by atoms with van der Waals surface area (Å²) >= 11 is 1.69. The molecule has 0 saturated carbocycles. The zero-order valence-corrected chi connectivity index (χ0v) is 8.23. The third-order valence-corrected chi connectivity index (χ3v) is 2.82. The normalized spacial score (nSPS) is 10.5. The highest BCUT2D eigenvalue weighted by molar-refractivity contribution is 7.17. The number of ether oxygens (including phenoxy) is 1. The lowest BCUT2D eigenvalue weighted by Crippen LogP contribution is -1.96. The van der Waals surface area contributed by atoms with E-state index in [9.17, 15) is 0 Å². The highest BCUT2D eigenvalue weighted by Gasteiger charge is 2.04. The van der Waals surface area contributed by atoms with Crippen molar-refractivity contribution in [1.29, 1.82) is 0 Å². The second-order valence-corrected chi connectivity index (χ2v) is 3.69. The van der Waals surface area contributed by atoms with Gasteiger partial charge in [-0.3, -0.25) is 0 Å². The topological polar surface area (TPSA) is 35.2 Å². The number of fused-ring (bicyclic) bond motifs is 1. The first-order valence-corrected chi connectivity index (χ1v) is 5.09. The molecule has 1 aromatic heterocycles. The first-order valence-electron chi connectivity index (χ1n) is 4.21. The van der Waals surface area contributed by atoms with E-state index in [1.165, 1.54) is 4.70 Å². The van der Waals surface area contributed by atoms with Crippen LogP contribution in [0.5, 0.6) is 5.75 Å². The van der Waals surface area contributed by atoms with Crippen LogP contribution < -0.4 is 10.5 Å². The number of rotatable bonds is 2. The van der Waals surface area contributed by atoms with Crippen molar-refractivity contribution in [2.24, 2.45) is 0 Å². The minimum atomic E-state index is 0.653. The van der Waals surface area contributed by atoms with Crippen molar-refractivity contribution in [2.75, 3.05) is 12.3 Å². The highest BCUT2D eigenvalue weighted by Crippen LogP contribution is 2.33. The SMILES string of the molecule is CCOc1ccc2sccc2c1N. The van der Waals surface area contributed by atoms with Crippen LogP contribution in [-0.2, 0) is 0 Å². The standard InChI is InChI=1S/C10H11NOS/c1-2-12-8-3-4-9-7(10(8)11)5-6-13-9/h3-6H,2,11H2,1H3. The summed E-state index contributed by atoms with van der Waals surface area (Å²) in [4.78, 5) is 0. The van der Waals surface area contributed by atoms with Crippen LogP contribution in [0.4, 0.5) is 5.69 Å². The number of nitrogen functional groups attached to an aromatic ring is 1. The van der Waals surface area contributed by atoms with Gasteiger partial charge in [0.2, 0.25) is 0 Å². The summed E-state index contributed by atoms with van der Waals surface area (Å²) in [6.45, 7) is 2.61. The largest absolute Gasteiger partial charge is 0.492 e. The Morgan fingerprint density at radius 3 is 3.00 bits per heavy atom. The number of benzene rings is 1. The highest BCUT2D eigenvalue weighted by atomic mass is 32.1. The quantitative estimate of drug-likeness (QED) is 0.744. The molecule has 2 aromatic rings. The van der Waals surface area contributed by atoms with Crippen molar-refractivity contribution in [3.8, 4) is 5.75 Å². The predicted octanol–water partition coefficient (Wildman–Crippen LogP) is 2.88. The fourth-order valence-corrected chi connectivity index (χ4v) is 2.13. The second-order valence-electron chi connectivity index (χ2n) is 2.74. The number of anilines is 1. The summed E-state index contributed by atoms with van der Waals surface area (Å²) < 4.78 is 6.60. The summed E-state index contributed by atoms with van der Waals surface area (Å²) in [7, 11) is 0. The molecule has 0 bridgehead atoms. The van der Waals surface area contributed by atoms with E-state index in [0.717, 1.165) is 16.8 Å². The molecule has 0 saturated heterocycles. The van der Waals surface area contributed by atoms with Gasteiger partial charge >= 0.3 is 0 Å². The van der Waals surface area contributed by atoms with Crippen LogP contribution in [0.2, 0.25) is 0 Å². The van der Waals surface area contributed by atoms with Gasteiger partial charge < -0.3 is 10.5 Å². The molecule has 0 unspecified atom stereocenters. The van der Waals surface area contributed by atoms with Crippen molar-refractivity contribution in [3.63, 3.8) is 0 Å². The lowest BCUT2D eigenvalue weighted by atomic mass is 10.2. The van der Waals surface area contributed by atoms with Crippen LogP contribution in [0.3, 0.4) is 0 Å². The number of hydrogen-bond acceptors (Lipinski definition) is 3. The Morgan fingerprint density at radius 2 is 2.23 bits per heavy atom. The average molecular weight is 193 g/mol. The molecule has 0 atom stereocenters. The van der Waals surface area contributed by atoms with Gasteiger partial charge in [0.05, 0.1) is 12.3 Å². The third-order valence-electron chi connectivity index (χ3n) is 1.94. The van der Waals surface area contributed by atoms with Crippen molar-refractivity contribution in [1.82, 2.24) is 0 Å². The Bertz CT molecular complexity index is 422. The molecule has 2 N–H and O–H groups in total. The van der Waals surface area contributed by atoms with E-state index >= 15 is 0 Å². The van der Waals surface area contributed by atoms with Gasteiger partial charge in [0.25, 0.3) is 0 Å². The van der Waals surface area contributed by atoms with Crippen molar-refractivity contribution in [2.45, 2.75) is 6.92 Å². The van der Waals surface area contributed by atoms with Gasteiger partial charge in [-0.1, -0.05) is 0 Å². The molecule has 0 aliphatic carbocycles. The summed E-state index contributed by atoms with van der Waals surface area (Å²) in [6, 6.07) is 6.00. The van der Waals surface area contributed by atoms with Crippen LogP contribution in [0.15, 0.2) is 23.6 Å². The molecule has 0 aliphatic heterocycles. The summed E-state index contributed by atoms with van der Waals surface area (Å²) in [5.41, 5.74) is 6.68. The molecule has 1 heterocycles. The zero-order chi connectivity index (χ0) is 9.26. The van der Waals surface area contributed by atoms with E-state index in [0.29, 0.717) is 6.61 Å². The van der Waals surface area contributed by atoms with E-state index in [-0.39, 0.29) is 0 Å². The molecule has 0 radical (unpaired) electrons. The molecule has 2 rings (SSSR count). The maximum Gasteiger partial charge on any atom is 0.142 e. The van der Waals surface area contributed by atoms with Crippen LogP contribution in [0.1, 0.15) is 6.92 Å². The smallest absolute Gasteiger partial charge is 0.142 e. The number of thiophene rings is 1. The second kappa shape index (κ2) is 3.26. The molecule has 1 aromatic carbocycles. The lowest BCUT2D eigenvalue weighted by Gasteiger charge is -2.06. The number of nitrogens with two attached hydrogens (primary N) is 1. The van der Waals surface area contributed by atoms with E-state index in [2.05, 4.69) is 0 Å². The van der Waals surface area contributed by atoms with Gasteiger partial charge in [-0.05, 0) is 30.5 Å². The van der Waals surface area contributed by atoms with Crippen LogP contribution in [0.25, 0.3) is 10.1 Å². The molecule has 0 amide bonds. The Morgan fingerprint density at radius 1 is 1.38 bits per heavy atom. The Hall–Kier alpha value is -1.22. The Balaban J connectivity index is 2.59. The zero-order valence-electron chi connectivity index (χ0n) is 7.41. The molecule has 68 valence electrons. The van der Waals surface area contributed by atoms with Crippen LogP contribution in [0, 0.1) is 0 Å². The molecule has 3 heteroatoms. The summed E-state index contributed by atoms with van der Waals surface area (Å²) in [5, 5.41) is 3.13. The third kappa shape index (κ3) is 1.35. The first-order chi connectivity index (χ1) is 6.33. The van der Waals surface area contributed by atoms with E-state index in [4.69, 9.17) is 10.5 Å². The van der Waals surface area contributed by atoms with Crippen molar-refractivity contribution >= 4 is 27.1 Å². The van der Waals surface area contributed by atoms with Gasteiger partial charge in [-0.15, -0.1) is 11.3 Å². The lowest BCUT2D eigenvalue weighted by molar-refractivity contribution is 0.342. The molecule has 13 heavy (non-hydrogen) atoms. The average Bonchev–Trinajstić information content (AvgIpc) is 2.58. The van der Waals surface area contributed by atoms with E-state index < -0.39 is 0 Å². The molecule has 2 nitrogen and oxygen atoms in total. The van der Waals surface area contributed by atoms with Gasteiger partial charge in [-0.25, -0.2) is 0 Å². The van der Waals surface area contributed by atoms with Gasteiger partial charge in [0, 0.05) is 10.1 Å². The first kappa shape index (κ1) is 8.38. The van der Waals surface area contributed by atoms with Gasteiger partial charge in [0.15, 0.2) is 0 Å². The van der Waals surface area contributed by atoms with Crippen LogP contribution >= 0.6 is 11.3 Å². The predicted molar refractivity (Wildman–Crippen MR) is 57.4 cm³/mol. The van der Waals surface area contributed by atoms with Gasteiger partial charge in [0.1, 0.15) is 5.75 Å². The Kier molecular flexibility index (Phi) is 2.10. The fourth-order valence-electron chi connectivity index (χ4n) is 1.33. The van der Waals surface area contributed by atoms with Crippen molar-refractivity contribution < 1.29 is 4.74 Å². The monoisotopic (exact) mass is 193 g/mol. The van der Waals surface area contributed by atoms with Crippen LogP contribution in [-0.4, -0.2) is 6.61 Å². The van der Waals surface area contributed by atoms with Crippen molar-refractivity contribution in [3.05, 3.63) is 23.6 Å². The number of hydrogen-bond donors (Lipinski definition) is 1. The minimum Gasteiger partial charge on any atom is -0.492 e. The molecular weight excluding hydrogens is 182 g/mol.